The minimum Gasteiger partial charge on any atom is -0.478 e. The molecule has 0 radical (unpaired) electrons. The summed E-state index contributed by atoms with van der Waals surface area (Å²) in [5.41, 5.74) is 0.946. The summed E-state index contributed by atoms with van der Waals surface area (Å²) in [5, 5.41) is 14.3. The van der Waals surface area contributed by atoms with Gasteiger partial charge >= 0.3 is 5.97 Å². The van der Waals surface area contributed by atoms with Crippen molar-refractivity contribution < 1.29 is 23.9 Å². The molecule has 2 saturated carbocycles. The fourth-order valence-electron chi connectivity index (χ4n) is 5.67. The summed E-state index contributed by atoms with van der Waals surface area (Å²) in [5.74, 6) is -0.816. The summed E-state index contributed by atoms with van der Waals surface area (Å²) in [6.07, 6.45) is 7.82. The van der Waals surface area contributed by atoms with Crippen LogP contribution in [0.15, 0.2) is 58.1 Å². The van der Waals surface area contributed by atoms with Gasteiger partial charge in [-0.25, -0.2) is 4.79 Å². The van der Waals surface area contributed by atoms with Crippen LogP contribution < -0.4 is 0 Å². The molecule has 7 heteroatoms. The number of allylic oxidation sites excluding steroid dienone is 2. The van der Waals surface area contributed by atoms with E-state index in [0.717, 1.165) is 17.9 Å². The number of carboxylic acid groups (broad SMARTS) is 1. The summed E-state index contributed by atoms with van der Waals surface area (Å²) in [6.45, 7) is 0. The van der Waals surface area contributed by atoms with E-state index in [-0.39, 0.29) is 46.5 Å². The van der Waals surface area contributed by atoms with Crippen molar-refractivity contribution in [2.45, 2.75) is 12.8 Å². The van der Waals surface area contributed by atoms with Crippen LogP contribution >= 0.6 is 0 Å². The van der Waals surface area contributed by atoms with Crippen LogP contribution in [0, 0.1) is 29.1 Å². The van der Waals surface area contributed by atoms with Crippen molar-refractivity contribution >= 4 is 24.0 Å². The number of furan rings is 1. The second kappa shape index (κ2) is 5.78. The van der Waals surface area contributed by atoms with E-state index in [1.807, 2.05) is 0 Å². The fourth-order valence-corrected chi connectivity index (χ4v) is 5.67. The van der Waals surface area contributed by atoms with Crippen LogP contribution in [0.3, 0.4) is 0 Å². The number of aromatic carboxylic acids is 1. The Kier molecular flexibility index (Phi) is 3.35. The molecule has 1 spiro atoms. The lowest BCUT2D eigenvalue weighted by Crippen LogP contribution is -2.30. The van der Waals surface area contributed by atoms with Gasteiger partial charge in [0, 0.05) is 5.56 Å². The number of benzene rings is 1. The molecule has 150 valence electrons. The standard InChI is InChI=1S/C23H18N2O5/c26-20-18-15-5-6-16(23(15)8-9-23)19(18)21(27)25(20)24-11-14-4-7-17(30-14)12-2-1-3-13(10-12)22(28)29/h1-7,10-11,15-16,18-19H,8-9H2,(H,28,29)/b24-11+. The lowest BCUT2D eigenvalue weighted by molar-refractivity contribution is -0.141. The van der Waals surface area contributed by atoms with Crippen molar-refractivity contribution in [2.24, 2.45) is 34.2 Å². The average Bonchev–Trinajstić information content (AvgIpc) is 3.03. The van der Waals surface area contributed by atoms with Crippen molar-refractivity contribution in [3.63, 3.8) is 0 Å². The number of hydrogen-bond donors (Lipinski definition) is 1. The van der Waals surface area contributed by atoms with E-state index in [9.17, 15) is 14.4 Å². The Bertz CT molecular complexity index is 1140. The topological polar surface area (TPSA) is 100 Å². The minimum atomic E-state index is -1.02. The fraction of sp³-hybridized carbons (Fsp3) is 0.304. The molecule has 30 heavy (non-hydrogen) atoms. The number of amides is 2. The van der Waals surface area contributed by atoms with Crippen LogP contribution in [0.25, 0.3) is 11.3 Å². The first-order valence-corrected chi connectivity index (χ1v) is 10.0. The first-order chi connectivity index (χ1) is 14.5. The van der Waals surface area contributed by atoms with Gasteiger partial charge in [0.1, 0.15) is 11.5 Å². The average molecular weight is 402 g/mol. The summed E-state index contributed by atoms with van der Waals surface area (Å²) < 4.78 is 5.72. The van der Waals surface area contributed by atoms with Gasteiger partial charge in [-0.2, -0.15) is 10.1 Å². The van der Waals surface area contributed by atoms with Crippen molar-refractivity contribution in [2.75, 3.05) is 0 Å². The molecule has 6 rings (SSSR count). The molecule has 4 unspecified atom stereocenters. The quantitative estimate of drug-likeness (QED) is 0.481. The third-order valence-electron chi connectivity index (χ3n) is 7.15. The first kappa shape index (κ1) is 17.4. The van der Waals surface area contributed by atoms with E-state index < -0.39 is 5.97 Å². The lowest BCUT2D eigenvalue weighted by Gasteiger charge is -2.18. The third kappa shape index (κ3) is 2.20. The molecule has 2 amide bonds. The molecular formula is C23H18N2O5. The van der Waals surface area contributed by atoms with Crippen molar-refractivity contribution in [3.8, 4) is 11.3 Å². The second-order valence-corrected chi connectivity index (χ2v) is 8.54. The second-order valence-electron chi connectivity index (χ2n) is 8.54. The van der Waals surface area contributed by atoms with Gasteiger partial charge in [0.15, 0.2) is 0 Å². The Morgan fingerprint density at radius 3 is 2.43 bits per heavy atom. The molecule has 2 heterocycles. The molecule has 1 saturated heterocycles. The van der Waals surface area contributed by atoms with E-state index in [0.29, 0.717) is 17.1 Å². The monoisotopic (exact) mass is 402 g/mol. The number of rotatable bonds is 4. The van der Waals surface area contributed by atoms with E-state index >= 15 is 0 Å². The van der Waals surface area contributed by atoms with Crippen LogP contribution in [0.1, 0.15) is 29.0 Å². The van der Waals surface area contributed by atoms with E-state index in [4.69, 9.17) is 9.52 Å². The summed E-state index contributed by atoms with van der Waals surface area (Å²) in [4.78, 5) is 37.0. The van der Waals surface area contributed by atoms with Crippen LogP contribution in [-0.2, 0) is 9.59 Å². The highest BCUT2D eigenvalue weighted by molar-refractivity contribution is 6.07. The summed E-state index contributed by atoms with van der Waals surface area (Å²) >= 11 is 0. The molecule has 3 fully saturated rings. The molecule has 7 nitrogen and oxygen atoms in total. The van der Waals surface area contributed by atoms with Crippen LogP contribution in [0.5, 0.6) is 0 Å². The molecular weight excluding hydrogens is 384 g/mol. The van der Waals surface area contributed by atoms with Gasteiger partial charge in [-0.05, 0) is 54.4 Å². The van der Waals surface area contributed by atoms with Crippen LogP contribution in [-0.4, -0.2) is 34.1 Å². The summed E-state index contributed by atoms with van der Waals surface area (Å²) in [6, 6.07) is 9.79. The van der Waals surface area contributed by atoms with E-state index in [1.54, 1.807) is 24.3 Å². The molecule has 2 aromatic rings. The maximum atomic E-state index is 12.9. The maximum absolute atomic E-state index is 12.9. The van der Waals surface area contributed by atoms with E-state index in [2.05, 4.69) is 17.3 Å². The Labute approximate surface area is 171 Å². The third-order valence-corrected chi connectivity index (χ3v) is 7.15. The Morgan fingerprint density at radius 1 is 1.10 bits per heavy atom. The molecule has 1 aliphatic heterocycles. The van der Waals surface area contributed by atoms with Gasteiger partial charge < -0.3 is 9.52 Å². The Balaban J connectivity index is 1.23. The van der Waals surface area contributed by atoms with Gasteiger partial charge in [-0.1, -0.05) is 24.3 Å². The SMILES string of the molecule is O=C(O)c1cccc(-c2ccc(/C=N/N3C(=O)C4C(C3=O)C3C=CC4C34CC4)o2)c1. The van der Waals surface area contributed by atoms with Crippen LogP contribution in [0.2, 0.25) is 0 Å². The van der Waals surface area contributed by atoms with Crippen molar-refractivity contribution in [1.29, 1.82) is 0 Å². The molecule has 4 atom stereocenters. The van der Waals surface area contributed by atoms with Gasteiger partial charge in [0.25, 0.3) is 11.8 Å². The van der Waals surface area contributed by atoms with Gasteiger partial charge in [0.2, 0.25) is 0 Å². The highest BCUT2D eigenvalue weighted by Crippen LogP contribution is 2.73. The summed E-state index contributed by atoms with van der Waals surface area (Å²) in [7, 11) is 0. The molecule has 1 N–H and O–H groups in total. The van der Waals surface area contributed by atoms with Crippen LogP contribution in [0.4, 0.5) is 0 Å². The van der Waals surface area contributed by atoms with Gasteiger partial charge in [-0.3, -0.25) is 9.59 Å². The van der Waals surface area contributed by atoms with Gasteiger partial charge in [0.05, 0.1) is 23.6 Å². The number of fused-ring (bicyclic) bond motifs is 3. The van der Waals surface area contributed by atoms with Gasteiger partial charge in [-0.15, -0.1) is 0 Å². The number of nitrogens with zero attached hydrogens (tertiary/aromatic N) is 2. The number of carboxylic acids is 1. The largest absolute Gasteiger partial charge is 0.478 e. The maximum Gasteiger partial charge on any atom is 0.335 e. The molecule has 1 aromatic carbocycles. The predicted octanol–water partition coefficient (Wildman–Crippen LogP) is 3.18. The molecule has 4 aliphatic rings. The Morgan fingerprint density at radius 2 is 1.80 bits per heavy atom. The normalized spacial score (nSPS) is 30.1. The van der Waals surface area contributed by atoms with Crippen molar-refractivity contribution in [1.82, 2.24) is 5.01 Å². The number of carbonyl (C=O) groups is 3. The predicted molar refractivity (Wildman–Crippen MR) is 105 cm³/mol. The smallest absolute Gasteiger partial charge is 0.335 e. The highest BCUT2D eigenvalue weighted by atomic mass is 16.4. The minimum absolute atomic E-state index is 0.163. The zero-order valence-electron chi connectivity index (χ0n) is 15.9. The number of hydrazone groups is 1. The highest BCUT2D eigenvalue weighted by Gasteiger charge is 2.73. The van der Waals surface area contributed by atoms with E-state index in [1.165, 1.54) is 18.3 Å². The lowest BCUT2D eigenvalue weighted by atomic mass is 9.85. The molecule has 1 aromatic heterocycles. The Hall–Kier alpha value is -3.48. The molecule has 3 aliphatic carbocycles. The van der Waals surface area contributed by atoms with Crippen molar-refractivity contribution in [3.05, 3.63) is 59.9 Å². The number of hydrogen-bond acceptors (Lipinski definition) is 5. The zero-order valence-corrected chi connectivity index (χ0v) is 15.9. The zero-order chi connectivity index (χ0) is 20.6. The first-order valence-electron chi connectivity index (χ1n) is 10.0. The molecule has 2 bridgehead atoms. The number of imide groups is 1. The number of carbonyl (C=O) groups excluding carboxylic acids is 2.